The monoisotopic (exact) mass is 401 g/mol. The maximum atomic E-state index is 11.8. The predicted molar refractivity (Wildman–Crippen MR) is 113 cm³/mol. The summed E-state index contributed by atoms with van der Waals surface area (Å²) in [7, 11) is 0. The molecule has 0 spiro atoms. The van der Waals surface area contributed by atoms with Gasteiger partial charge >= 0.3 is 0 Å². The fourth-order valence-electron chi connectivity index (χ4n) is 3.17. The number of likely N-dealkylation sites (tertiary alicyclic amines) is 1. The highest BCUT2D eigenvalue weighted by molar-refractivity contribution is 8.26. The van der Waals surface area contributed by atoms with Crippen LogP contribution < -0.4 is 5.32 Å². The summed E-state index contributed by atoms with van der Waals surface area (Å²) in [5.74, 6) is -0.142. The Morgan fingerprint density at radius 3 is 2.65 bits per heavy atom. The number of nitrogens with one attached hydrogen (secondary N) is 1. The van der Waals surface area contributed by atoms with E-state index < -0.39 is 0 Å². The highest BCUT2D eigenvalue weighted by Gasteiger charge is 2.22. The van der Waals surface area contributed by atoms with Crippen LogP contribution in [0.1, 0.15) is 30.5 Å². The molecule has 2 aromatic rings. The molecule has 1 amide bonds. The Balaban J connectivity index is 1.45. The van der Waals surface area contributed by atoms with Gasteiger partial charge in [0.1, 0.15) is 9.33 Å². The van der Waals surface area contributed by atoms with E-state index in [1.165, 1.54) is 49.7 Å². The zero-order valence-corrected chi connectivity index (χ0v) is 16.7. The van der Waals surface area contributed by atoms with Crippen molar-refractivity contribution in [3.63, 3.8) is 0 Å². The quantitative estimate of drug-likeness (QED) is 0.612. The summed E-state index contributed by atoms with van der Waals surface area (Å²) in [6.45, 7) is 3.45. The molecular weight excluding hydrogens is 382 g/mol. The van der Waals surface area contributed by atoms with Crippen molar-refractivity contribution in [2.45, 2.75) is 25.8 Å². The summed E-state index contributed by atoms with van der Waals surface area (Å²) in [4.78, 5) is 19.5. The third-order valence-electron chi connectivity index (χ3n) is 4.50. The van der Waals surface area contributed by atoms with E-state index in [1.807, 2.05) is 5.38 Å². The molecule has 134 valence electrons. The largest absolute Gasteiger partial charge is 0.307 e. The van der Waals surface area contributed by atoms with E-state index in [2.05, 4.69) is 39.5 Å². The topological polar surface area (TPSA) is 45.2 Å². The smallest absolute Gasteiger partial charge is 0.263 e. The minimum Gasteiger partial charge on any atom is -0.307 e. The average Bonchev–Trinajstić information content (AvgIpc) is 3.23. The molecule has 1 N–H and O–H groups in total. The van der Waals surface area contributed by atoms with E-state index in [0.29, 0.717) is 9.23 Å². The number of hydrogen-bond donors (Lipinski definition) is 1. The second-order valence-corrected chi connectivity index (χ2v) is 9.04. The molecule has 2 aliphatic heterocycles. The van der Waals surface area contributed by atoms with Crippen molar-refractivity contribution in [3.8, 4) is 10.6 Å². The molecule has 2 aliphatic rings. The van der Waals surface area contributed by atoms with Crippen molar-refractivity contribution in [2.24, 2.45) is 0 Å². The van der Waals surface area contributed by atoms with Crippen molar-refractivity contribution in [1.29, 1.82) is 0 Å². The van der Waals surface area contributed by atoms with E-state index in [9.17, 15) is 4.79 Å². The molecule has 0 aliphatic carbocycles. The minimum atomic E-state index is -0.142. The molecule has 7 heteroatoms. The Morgan fingerprint density at radius 2 is 1.96 bits per heavy atom. The van der Waals surface area contributed by atoms with Gasteiger partial charge in [0.2, 0.25) is 0 Å². The first kappa shape index (κ1) is 17.9. The number of piperidine rings is 1. The number of carbonyl (C=O) groups excluding carboxylic acids is 1. The van der Waals surface area contributed by atoms with Gasteiger partial charge in [-0.2, -0.15) is 0 Å². The van der Waals surface area contributed by atoms with Crippen molar-refractivity contribution in [3.05, 3.63) is 45.8 Å². The maximum absolute atomic E-state index is 11.8. The van der Waals surface area contributed by atoms with Crippen LogP contribution in [0.3, 0.4) is 0 Å². The number of hydrogen-bond acceptors (Lipinski definition) is 6. The standard InChI is InChI=1S/C19H19N3OS3/c23-17-16(26-19(24)21-17)10-15-12-25-18(20-15)14-6-4-13(5-7-14)11-22-8-2-1-3-9-22/h4-7,10,12H,1-3,8-9,11H2,(H,21,23,24). The number of amides is 1. The van der Waals surface area contributed by atoms with Gasteiger partial charge in [0.25, 0.3) is 5.91 Å². The van der Waals surface area contributed by atoms with Crippen LogP contribution in [0.15, 0.2) is 34.6 Å². The molecule has 4 rings (SSSR count). The number of thiazole rings is 1. The number of thioether (sulfide) groups is 1. The normalized spacial score (nSPS) is 19.9. The lowest BCUT2D eigenvalue weighted by Crippen LogP contribution is -2.28. The first-order valence-electron chi connectivity index (χ1n) is 8.69. The Labute approximate surface area is 166 Å². The first-order valence-corrected chi connectivity index (χ1v) is 10.8. The minimum absolute atomic E-state index is 0.142. The van der Waals surface area contributed by atoms with Gasteiger partial charge in [0.15, 0.2) is 0 Å². The van der Waals surface area contributed by atoms with Gasteiger partial charge in [-0.25, -0.2) is 4.98 Å². The molecule has 0 saturated carbocycles. The summed E-state index contributed by atoms with van der Waals surface area (Å²) in [5, 5.41) is 5.56. The van der Waals surface area contributed by atoms with Crippen LogP contribution in [0.5, 0.6) is 0 Å². The van der Waals surface area contributed by atoms with Crippen LogP contribution in [0.25, 0.3) is 16.6 Å². The first-order chi connectivity index (χ1) is 12.7. The number of thiocarbonyl (C=S) groups is 1. The average molecular weight is 402 g/mol. The van der Waals surface area contributed by atoms with Gasteiger partial charge in [0.05, 0.1) is 10.6 Å². The molecule has 2 fully saturated rings. The zero-order valence-electron chi connectivity index (χ0n) is 14.2. The molecular formula is C19H19N3OS3. The number of nitrogens with zero attached hydrogens (tertiary/aromatic N) is 2. The van der Waals surface area contributed by atoms with Crippen LogP contribution in [0, 0.1) is 0 Å². The fourth-order valence-corrected chi connectivity index (χ4v) is 4.98. The molecule has 0 atom stereocenters. The van der Waals surface area contributed by atoms with E-state index in [1.54, 1.807) is 17.4 Å². The van der Waals surface area contributed by atoms with Gasteiger partial charge in [-0.1, -0.05) is 54.7 Å². The molecule has 0 radical (unpaired) electrons. The molecule has 3 heterocycles. The Morgan fingerprint density at radius 1 is 1.19 bits per heavy atom. The maximum Gasteiger partial charge on any atom is 0.263 e. The molecule has 2 saturated heterocycles. The second-order valence-electron chi connectivity index (χ2n) is 6.46. The Bertz CT molecular complexity index is 851. The predicted octanol–water partition coefficient (Wildman–Crippen LogP) is 4.28. The van der Waals surface area contributed by atoms with Crippen LogP contribution in [0.4, 0.5) is 0 Å². The zero-order chi connectivity index (χ0) is 17.9. The van der Waals surface area contributed by atoms with Crippen LogP contribution in [-0.2, 0) is 11.3 Å². The lowest BCUT2D eigenvalue weighted by Gasteiger charge is -2.26. The molecule has 4 nitrogen and oxygen atoms in total. The van der Waals surface area contributed by atoms with E-state index in [4.69, 9.17) is 12.2 Å². The SMILES string of the molecule is O=C1NC(=S)SC1=Cc1csc(-c2ccc(CN3CCCCC3)cc2)n1. The second kappa shape index (κ2) is 8.00. The van der Waals surface area contributed by atoms with E-state index >= 15 is 0 Å². The van der Waals surface area contributed by atoms with Crippen LogP contribution in [0.2, 0.25) is 0 Å². The Hall–Kier alpha value is -1.54. The number of carbonyl (C=O) groups is 1. The molecule has 1 aromatic carbocycles. The highest BCUT2D eigenvalue weighted by Crippen LogP contribution is 2.29. The van der Waals surface area contributed by atoms with Crippen molar-refractivity contribution in [2.75, 3.05) is 13.1 Å². The fraction of sp³-hybridized carbons (Fsp3) is 0.316. The molecule has 0 bridgehead atoms. The highest BCUT2D eigenvalue weighted by atomic mass is 32.2. The third kappa shape index (κ3) is 4.23. The van der Waals surface area contributed by atoms with Crippen molar-refractivity contribution in [1.82, 2.24) is 15.2 Å². The summed E-state index contributed by atoms with van der Waals surface area (Å²) in [6.07, 6.45) is 5.79. The van der Waals surface area contributed by atoms with E-state index in [0.717, 1.165) is 22.8 Å². The van der Waals surface area contributed by atoms with Crippen LogP contribution >= 0.6 is 35.3 Å². The van der Waals surface area contributed by atoms with Gasteiger partial charge < -0.3 is 5.32 Å². The van der Waals surface area contributed by atoms with E-state index in [-0.39, 0.29) is 5.91 Å². The van der Waals surface area contributed by atoms with Gasteiger partial charge in [-0.3, -0.25) is 9.69 Å². The summed E-state index contributed by atoms with van der Waals surface area (Å²) in [6, 6.07) is 8.67. The molecule has 0 unspecified atom stereocenters. The molecule has 26 heavy (non-hydrogen) atoms. The van der Waals surface area contributed by atoms with Gasteiger partial charge in [0, 0.05) is 17.5 Å². The third-order valence-corrected chi connectivity index (χ3v) is 6.57. The van der Waals surface area contributed by atoms with Crippen molar-refractivity contribution >= 4 is 51.6 Å². The molecule has 1 aromatic heterocycles. The van der Waals surface area contributed by atoms with Crippen molar-refractivity contribution < 1.29 is 4.79 Å². The summed E-state index contributed by atoms with van der Waals surface area (Å²) >= 11 is 7.88. The van der Waals surface area contributed by atoms with Gasteiger partial charge in [-0.15, -0.1) is 11.3 Å². The van der Waals surface area contributed by atoms with Gasteiger partial charge in [-0.05, 0) is 37.6 Å². The lowest BCUT2D eigenvalue weighted by atomic mass is 10.1. The number of aromatic nitrogens is 1. The summed E-state index contributed by atoms with van der Waals surface area (Å²) in [5.41, 5.74) is 3.26. The Kier molecular flexibility index (Phi) is 5.49. The lowest BCUT2D eigenvalue weighted by molar-refractivity contribution is -0.115. The number of rotatable bonds is 4. The summed E-state index contributed by atoms with van der Waals surface area (Å²) < 4.78 is 0.501. The van der Waals surface area contributed by atoms with Crippen LogP contribution in [-0.4, -0.2) is 33.2 Å². The number of benzene rings is 1.